The molecule has 2 amide bonds. The molecule has 1 aliphatic rings. The monoisotopic (exact) mass is 306 g/mol. The first kappa shape index (κ1) is 16.5. The Morgan fingerprint density at radius 2 is 2.14 bits per heavy atom. The van der Waals surface area contributed by atoms with Crippen LogP contribution < -0.4 is 5.32 Å². The second-order valence-electron chi connectivity index (χ2n) is 5.92. The summed E-state index contributed by atoms with van der Waals surface area (Å²) < 4.78 is 1.95. The standard InChI is InChI=1S/C16H26N4O2/c1-5-20-13(4)16(12(3)18-20)11(2)17-14(21)8-10-19-9-6-7-15(19)22/h11H,5-10H2,1-4H3,(H,17,21)/t11-/m1/s1. The van der Waals surface area contributed by atoms with Crippen LogP contribution in [0.25, 0.3) is 0 Å². The third-order valence-electron chi connectivity index (χ3n) is 4.33. The molecule has 1 aromatic heterocycles. The first-order valence-electron chi connectivity index (χ1n) is 8.05. The summed E-state index contributed by atoms with van der Waals surface area (Å²) in [7, 11) is 0. The van der Waals surface area contributed by atoms with Crippen molar-refractivity contribution in [1.82, 2.24) is 20.0 Å². The smallest absolute Gasteiger partial charge is 0.222 e. The predicted octanol–water partition coefficient (Wildman–Crippen LogP) is 1.71. The van der Waals surface area contributed by atoms with Crippen molar-refractivity contribution in [1.29, 1.82) is 0 Å². The molecule has 0 bridgehead atoms. The van der Waals surface area contributed by atoms with Crippen molar-refractivity contribution >= 4 is 11.8 Å². The van der Waals surface area contributed by atoms with Gasteiger partial charge in [0.2, 0.25) is 11.8 Å². The molecule has 6 heteroatoms. The van der Waals surface area contributed by atoms with Gasteiger partial charge in [-0.25, -0.2) is 0 Å². The van der Waals surface area contributed by atoms with Gasteiger partial charge in [0.25, 0.3) is 0 Å². The molecule has 0 saturated carbocycles. The molecule has 22 heavy (non-hydrogen) atoms. The van der Waals surface area contributed by atoms with Crippen molar-refractivity contribution in [2.75, 3.05) is 13.1 Å². The summed E-state index contributed by atoms with van der Waals surface area (Å²) in [5.41, 5.74) is 3.15. The van der Waals surface area contributed by atoms with Crippen molar-refractivity contribution < 1.29 is 9.59 Å². The molecule has 1 aromatic rings. The number of carbonyl (C=O) groups is 2. The lowest BCUT2D eigenvalue weighted by Crippen LogP contribution is -2.33. The van der Waals surface area contributed by atoms with Crippen LogP contribution in [0.3, 0.4) is 0 Å². The van der Waals surface area contributed by atoms with Crippen LogP contribution in [-0.4, -0.2) is 39.6 Å². The van der Waals surface area contributed by atoms with Gasteiger partial charge < -0.3 is 10.2 Å². The highest BCUT2D eigenvalue weighted by Crippen LogP contribution is 2.21. The maximum Gasteiger partial charge on any atom is 0.222 e. The van der Waals surface area contributed by atoms with E-state index in [4.69, 9.17) is 0 Å². The molecule has 122 valence electrons. The average Bonchev–Trinajstić information content (AvgIpc) is 2.99. The third kappa shape index (κ3) is 3.48. The Balaban J connectivity index is 1.91. The van der Waals surface area contributed by atoms with Gasteiger partial charge in [-0.05, 0) is 34.1 Å². The van der Waals surface area contributed by atoms with Crippen LogP contribution >= 0.6 is 0 Å². The fraction of sp³-hybridized carbons (Fsp3) is 0.688. The van der Waals surface area contributed by atoms with E-state index < -0.39 is 0 Å². The summed E-state index contributed by atoms with van der Waals surface area (Å²) in [5, 5.41) is 7.51. The van der Waals surface area contributed by atoms with Gasteiger partial charge in [0, 0.05) is 43.7 Å². The van der Waals surface area contributed by atoms with E-state index in [0.717, 1.165) is 36.5 Å². The zero-order valence-electron chi connectivity index (χ0n) is 14.0. The molecule has 1 aliphatic heterocycles. The molecule has 2 rings (SSSR count). The number of nitrogens with one attached hydrogen (secondary N) is 1. The molecule has 0 aromatic carbocycles. The Morgan fingerprint density at radius 3 is 2.68 bits per heavy atom. The minimum atomic E-state index is -0.0675. The van der Waals surface area contributed by atoms with Gasteiger partial charge in [-0.2, -0.15) is 5.10 Å². The first-order chi connectivity index (χ1) is 10.4. The minimum Gasteiger partial charge on any atom is -0.349 e. The second kappa shape index (κ2) is 6.94. The number of carbonyl (C=O) groups excluding carboxylic acids is 2. The number of aryl methyl sites for hydroxylation is 2. The Hall–Kier alpha value is -1.85. The zero-order valence-corrected chi connectivity index (χ0v) is 14.0. The molecule has 0 spiro atoms. The van der Waals surface area contributed by atoms with E-state index in [1.807, 2.05) is 25.5 Å². The summed E-state index contributed by atoms with van der Waals surface area (Å²) in [5.74, 6) is 0.145. The SMILES string of the molecule is CCn1nc(C)c([C@@H](C)NC(=O)CCN2CCCC2=O)c1C. The van der Waals surface area contributed by atoms with Crippen molar-refractivity contribution in [2.45, 2.75) is 59.5 Å². The van der Waals surface area contributed by atoms with Gasteiger partial charge >= 0.3 is 0 Å². The van der Waals surface area contributed by atoms with Gasteiger partial charge in [0.15, 0.2) is 0 Å². The minimum absolute atomic E-state index is 0.0183. The maximum absolute atomic E-state index is 12.1. The zero-order chi connectivity index (χ0) is 16.3. The highest BCUT2D eigenvalue weighted by atomic mass is 16.2. The Bertz CT molecular complexity index is 565. The van der Waals surface area contributed by atoms with E-state index in [1.54, 1.807) is 4.90 Å². The normalized spacial score (nSPS) is 16.2. The van der Waals surface area contributed by atoms with E-state index in [2.05, 4.69) is 17.3 Å². The molecule has 0 aliphatic carbocycles. The Labute approximate surface area is 131 Å². The van der Waals surface area contributed by atoms with Crippen LogP contribution in [0.2, 0.25) is 0 Å². The number of aromatic nitrogens is 2. The van der Waals surface area contributed by atoms with Crippen LogP contribution in [0.4, 0.5) is 0 Å². The summed E-state index contributed by atoms with van der Waals surface area (Å²) >= 11 is 0. The van der Waals surface area contributed by atoms with Gasteiger partial charge in [-0.3, -0.25) is 14.3 Å². The highest BCUT2D eigenvalue weighted by Gasteiger charge is 2.22. The number of rotatable bonds is 6. The number of likely N-dealkylation sites (tertiary alicyclic amines) is 1. The van der Waals surface area contributed by atoms with E-state index in [1.165, 1.54) is 0 Å². The number of hydrogen-bond acceptors (Lipinski definition) is 3. The van der Waals surface area contributed by atoms with E-state index in [-0.39, 0.29) is 17.9 Å². The van der Waals surface area contributed by atoms with Crippen LogP contribution in [0.5, 0.6) is 0 Å². The van der Waals surface area contributed by atoms with Gasteiger partial charge in [0.1, 0.15) is 0 Å². The second-order valence-corrected chi connectivity index (χ2v) is 5.92. The topological polar surface area (TPSA) is 67.2 Å². The fourth-order valence-electron chi connectivity index (χ4n) is 3.21. The van der Waals surface area contributed by atoms with Gasteiger partial charge in [-0.1, -0.05) is 0 Å². The molecule has 1 fully saturated rings. The third-order valence-corrected chi connectivity index (χ3v) is 4.33. The van der Waals surface area contributed by atoms with E-state index >= 15 is 0 Å². The Morgan fingerprint density at radius 1 is 1.41 bits per heavy atom. The summed E-state index contributed by atoms with van der Waals surface area (Å²) in [6.07, 6.45) is 1.88. The Kier molecular flexibility index (Phi) is 5.21. The largest absolute Gasteiger partial charge is 0.349 e. The molecule has 1 N–H and O–H groups in total. The molecule has 0 radical (unpaired) electrons. The van der Waals surface area contributed by atoms with Crippen LogP contribution in [-0.2, 0) is 16.1 Å². The van der Waals surface area contributed by atoms with E-state index in [0.29, 0.717) is 19.4 Å². The molecule has 2 heterocycles. The van der Waals surface area contributed by atoms with Crippen molar-refractivity contribution in [3.63, 3.8) is 0 Å². The molecule has 6 nitrogen and oxygen atoms in total. The van der Waals surface area contributed by atoms with E-state index in [9.17, 15) is 9.59 Å². The van der Waals surface area contributed by atoms with Crippen molar-refractivity contribution in [3.8, 4) is 0 Å². The van der Waals surface area contributed by atoms with Crippen LogP contribution in [0, 0.1) is 13.8 Å². The highest BCUT2D eigenvalue weighted by molar-refractivity contribution is 5.80. The fourth-order valence-corrected chi connectivity index (χ4v) is 3.21. The molecule has 0 unspecified atom stereocenters. The van der Waals surface area contributed by atoms with Gasteiger partial charge in [0.05, 0.1) is 11.7 Å². The quantitative estimate of drug-likeness (QED) is 0.870. The predicted molar refractivity (Wildman–Crippen MR) is 84.4 cm³/mol. The van der Waals surface area contributed by atoms with Crippen molar-refractivity contribution in [2.24, 2.45) is 0 Å². The number of hydrogen-bond donors (Lipinski definition) is 1. The van der Waals surface area contributed by atoms with Crippen LogP contribution in [0.1, 0.15) is 56.1 Å². The molecular weight excluding hydrogens is 280 g/mol. The lowest BCUT2D eigenvalue weighted by atomic mass is 10.1. The lowest BCUT2D eigenvalue weighted by Gasteiger charge is -2.18. The number of amides is 2. The summed E-state index contributed by atoms with van der Waals surface area (Å²) in [4.78, 5) is 25.4. The maximum atomic E-state index is 12.1. The van der Waals surface area contributed by atoms with Gasteiger partial charge in [-0.15, -0.1) is 0 Å². The first-order valence-corrected chi connectivity index (χ1v) is 8.05. The van der Waals surface area contributed by atoms with Crippen LogP contribution in [0.15, 0.2) is 0 Å². The molecular formula is C16H26N4O2. The average molecular weight is 306 g/mol. The summed E-state index contributed by atoms with van der Waals surface area (Å²) in [6.45, 7) is 10.2. The molecule has 1 atom stereocenters. The number of nitrogens with zero attached hydrogens (tertiary/aromatic N) is 3. The lowest BCUT2D eigenvalue weighted by molar-refractivity contribution is -0.128. The summed E-state index contributed by atoms with van der Waals surface area (Å²) in [6, 6.07) is -0.0675. The van der Waals surface area contributed by atoms with Crippen molar-refractivity contribution in [3.05, 3.63) is 17.0 Å². The molecule has 1 saturated heterocycles.